The maximum absolute atomic E-state index is 13.0. The number of carbonyl (C=O) groups is 1. The number of hydrogen-bond donors (Lipinski definition) is 1. The van der Waals surface area contributed by atoms with Crippen LogP contribution in [0.2, 0.25) is 0 Å². The van der Waals surface area contributed by atoms with E-state index in [1.54, 1.807) is 11.3 Å². The number of piperidine rings is 1. The van der Waals surface area contributed by atoms with Crippen molar-refractivity contribution in [2.75, 3.05) is 5.73 Å². The first kappa shape index (κ1) is 14.4. The minimum absolute atomic E-state index is 0.104. The molecule has 3 rings (SSSR count). The highest BCUT2D eigenvalue weighted by Crippen LogP contribution is 2.37. The van der Waals surface area contributed by atoms with Gasteiger partial charge in [-0.05, 0) is 45.6 Å². The Morgan fingerprint density at radius 1 is 1.29 bits per heavy atom. The maximum atomic E-state index is 13.0. The lowest BCUT2D eigenvalue weighted by atomic mass is 9.97. The summed E-state index contributed by atoms with van der Waals surface area (Å²) in [5, 5.41) is 1.01. The number of thiophene rings is 1. The van der Waals surface area contributed by atoms with Gasteiger partial charge in [0.05, 0.1) is 5.69 Å². The molecule has 2 aromatic rings. The first-order chi connectivity index (χ1) is 10.0. The van der Waals surface area contributed by atoms with Crippen LogP contribution in [-0.4, -0.2) is 22.9 Å². The molecule has 21 heavy (non-hydrogen) atoms. The fraction of sp³-hybridized carbons (Fsp3) is 0.471. The Bertz CT molecular complexity index is 681. The molecule has 0 unspecified atom stereocenters. The predicted molar refractivity (Wildman–Crippen MR) is 89.9 cm³/mol. The quantitative estimate of drug-likeness (QED) is 0.858. The van der Waals surface area contributed by atoms with Gasteiger partial charge in [0.1, 0.15) is 4.88 Å². The number of nitrogens with two attached hydrogens (primary N) is 1. The van der Waals surface area contributed by atoms with Crippen LogP contribution in [0.3, 0.4) is 0 Å². The van der Waals surface area contributed by atoms with Gasteiger partial charge in [-0.25, -0.2) is 0 Å². The van der Waals surface area contributed by atoms with Gasteiger partial charge in [0.2, 0.25) is 0 Å². The molecule has 2 N–H and O–H groups in total. The Balaban J connectivity index is 2.05. The zero-order valence-electron chi connectivity index (χ0n) is 12.8. The van der Waals surface area contributed by atoms with Crippen molar-refractivity contribution in [1.82, 2.24) is 4.90 Å². The molecule has 1 aliphatic heterocycles. The summed E-state index contributed by atoms with van der Waals surface area (Å²) in [5.41, 5.74) is 8.10. The zero-order valence-corrected chi connectivity index (χ0v) is 13.7. The van der Waals surface area contributed by atoms with Crippen molar-refractivity contribution in [2.24, 2.45) is 0 Å². The van der Waals surface area contributed by atoms with Crippen molar-refractivity contribution in [1.29, 1.82) is 0 Å². The second-order valence-corrected chi connectivity index (χ2v) is 7.16. The Kier molecular flexibility index (Phi) is 3.66. The molecule has 0 saturated carbocycles. The van der Waals surface area contributed by atoms with E-state index in [-0.39, 0.29) is 5.91 Å². The number of aryl methyl sites for hydroxylation is 1. The molecular weight excluding hydrogens is 280 g/mol. The summed E-state index contributed by atoms with van der Waals surface area (Å²) in [4.78, 5) is 15.7. The average Bonchev–Trinajstić information content (AvgIpc) is 2.78. The van der Waals surface area contributed by atoms with E-state index in [9.17, 15) is 4.79 Å². The average molecular weight is 302 g/mol. The molecule has 2 heterocycles. The van der Waals surface area contributed by atoms with E-state index in [0.29, 0.717) is 22.6 Å². The standard InChI is InChI=1S/C17H22N2OS/c1-10-6-4-9-13-14(18)16(21-15(10)13)17(20)19-11(2)7-5-8-12(19)3/h4,6,9,11-12H,5,7-8,18H2,1-3H3/t11-,12+. The number of rotatable bonds is 1. The first-order valence-electron chi connectivity index (χ1n) is 7.61. The summed E-state index contributed by atoms with van der Waals surface area (Å²) >= 11 is 1.54. The van der Waals surface area contributed by atoms with Crippen LogP contribution in [0.25, 0.3) is 10.1 Å². The van der Waals surface area contributed by atoms with Crippen molar-refractivity contribution >= 4 is 33.0 Å². The number of likely N-dealkylation sites (tertiary alicyclic amines) is 1. The summed E-state index contributed by atoms with van der Waals surface area (Å²) in [6.45, 7) is 6.35. The third kappa shape index (κ3) is 2.31. The molecule has 1 aromatic carbocycles. The molecule has 4 heteroatoms. The minimum atomic E-state index is 0.104. The van der Waals surface area contributed by atoms with E-state index >= 15 is 0 Å². The largest absolute Gasteiger partial charge is 0.397 e. The maximum Gasteiger partial charge on any atom is 0.266 e. The molecule has 0 aliphatic carbocycles. The zero-order chi connectivity index (χ0) is 15.1. The first-order valence-corrected chi connectivity index (χ1v) is 8.42. The van der Waals surface area contributed by atoms with Crippen LogP contribution in [0.5, 0.6) is 0 Å². The van der Waals surface area contributed by atoms with Crippen LogP contribution >= 0.6 is 11.3 Å². The third-order valence-electron chi connectivity index (χ3n) is 4.57. The third-order valence-corrected chi connectivity index (χ3v) is 5.92. The van der Waals surface area contributed by atoms with Crippen molar-refractivity contribution in [2.45, 2.75) is 52.1 Å². The number of amides is 1. The van der Waals surface area contributed by atoms with Gasteiger partial charge in [0.15, 0.2) is 0 Å². The molecule has 1 aliphatic rings. The van der Waals surface area contributed by atoms with E-state index in [1.165, 1.54) is 12.0 Å². The molecule has 0 radical (unpaired) electrons. The highest BCUT2D eigenvalue weighted by atomic mass is 32.1. The monoisotopic (exact) mass is 302 g/mol. The van der Waals surface area contributed by atoms with Crippen LogP contribution in [0, 0.1) is 6.92 Å². The Morgan fingerprint density at radius 2 is 1.95 bits per heavy atom. The summed E-state index contributed by atoms with van der Waals surface area (Å²) in [5.74, 6) is 0.104. The Hall–Kier alpha value is -1.55. The van der Waals surface area contributed by atoms with Gasteiger partial charge in [-0.2, -0.15) is 0 Å². The van der Waals surface area contributed by atoms with Gasteiger partial charge < -0.3 is 10.6 Å². The van der Waals surface area contributed by atoms with Gasteiger partial charge in [-0.1, -0.05) is 18.2 Å². The molecule has 0 bridgehead atoms. The lowest BCUT2D eigenvalue weighted by molar-refractivity contribution is 0.0517. The smallest absolute Gasteiger partial charge is 0.266 e. The molecule has 2 atom stereocenters. The number of fused-ring (bicyclic) bond motifs is 1. The fourth-order valence-corrected chi connectivity index (χ4v) is 4.51. The van der Waals surface area contributed by atoms with Crippen LogP contribution in [0.1, 0.15) is 48.3 Å². The topological polar surface area (TPSA) is 46.3 Å². The predicted octanol–water partition coefficient (Wildman–Crippen LogP) is 4.20. The highest BCUT2D eigenvalue weighted by molar-refractivity contribution is 7.21. The number of nitrogens with zero attached hydrogens (tertiary/aromatic N) is 1. The highest BCUT2D eigenvalue weighted by Gasteiger charge is 2.32. The molecule has 1 amide bonds. The van der Waals surface area contributed by atoms with E-state index in [0.717, 1.165) is 22.9 Å². The molecule has 1 fully saturated rings. The van der Waals surface area contributed by atoms with Gasteiger partial charge in [0, 0.05) is 22.2 Å². The van der Waals surface area contributed by atoms with Gasteiger partial charge >= 0.3 is 0 Å². The minimum Gasteiger partial charge on any atom is -0.397 e. The molecule has 1 aromatic heterocycles. The SMILES string of the molecule is Cc1cccc2c(N)c(C(=O)N3[C@H](C)CCC[C@@H]3C)sc12. The fourth-order valence-electron chi connectivity index (χ4n) is 3.38. The van der Waals surface area contributed by atoms with Crippen molar-refractivity contribution in [3.63, 3.8) is 0 Å². The van der Waals surface area contributed by atoms with Crippen molar-refractivity contribution in [3.8, 4) is 0 Å². The van der Waals surface area contributed by atoms with Gasteiger partial charge in [-0.3, -0.25) is 4.79 Å². The summed E-state index contributed by atoms with van der Waals surface area (Å²) in [6.07, 6.45) is 3.37. The number of carbonyl (C=O) groups excluding carboxylic acids is 1. The lowest BCUT2D eigenvalue weighted by Crippen LogP contribution is -2.47. The molecule has 112 valence electrons. The van der Waals surface area contributed by atoms with E-state index < -0.39 is 0 Å². The van der Waals surface area contributed by atoms with Crippen LogP contribution in [0.4, 0.5) is 5.69 Å². The lowest BCUT2D eigenvalue weighted by Gasteiger charge is -2.38. The summed E-state index contributed by atoms with van der Waals surface area (Å²) in [6, 6.07) is 6.67. The van der Waals surface area contributed by atoms with E-state index in [4.69, 9.17) is 5.73 Å². The van der Waals surface area contributed by atoms with Crippen LogP contribution in [-0.2, 0) is 0 Å². The number of benzene rings is 1. The second-order valence-electron chi connectivity index (χ2n) is 6.14. The van der Waals surface area contributed by atoms with Crippen LogP contribution < -0.4 is 5.73 Å². The summed E-state index contributed by atoms with van der Waals surface area (Å²) in [7, 11) is 0. The molecular formula is C17H22N2OS. The normalized spacial score (nSPS) is 22.7. The van der Waals surface area contributed by atoms with Gasteiger partial charge in [-0.15, -0.1) is 11.3 Å². The summed E-state index contributed by atoms with van der Waals surface area (Å²) < 4.78 is 1.13. The number of anilines is 1. The van der Waals surface area contributed by atoms with E-state index in [1.807, 2.05) is 17.0 Å². The van der Waals surface area contributed by atoms with Crippen molar-refractivity contribution in [3.05, 3.63) is 28.6 Å². The van der Waals surface area contributed by atoms with E-state index in [2.05, 4.69) is 26.8 Å². The second kappa shape index (κ2) is 5.34. The molecule has 1 saturated heterocycles. The van der Waals surface area contributed by atoms with Crippen molar-refractivity contribution < 1.29 is 4.79 Å². The Morgan fingerprint density at radius 3 is 2.57 bits per heavy atom. The molecule has 0 spiro atoms. The number of nitrogen functional groups attached to an aromatic ring is 1. The molecule has 3 nitrogen and oxygen atoms in total. The Labute approximate surface area is 129 Å². The van der Waals surface area contributed by atoms with Crippen LogP contribution in [0.15, 0.2) is 18.2 Å². The number of hydrogen-bond acceptors (Lipinski definition) is 3. The van der Waals surface area contributed by atoms with Gasteiger partial charge in [0.25, 0.3) is 5.91 Å².